The van der Waals surface area contributed by atoms with Crippen molar-refractivity contribution in [1.82, 2.24) is 9.55 Å². The first kappa shape index (κ1) is 12.8. The van der Waals surface area contributed by atoms with Crippen molar-refractivity contribution >= 4 is 26.7 Å². The predicted molar refractivity (Wildman–Crippen MR) is 69.1 cm³/mol. The molecular formula is C12H14N2O3S. The Morgan fingerprint density at radius 1 is 1.33 bits per heavy atom. The monoisotopic (exact) mass is 266 g/mol. The number of imidazole rings is 1. The van der Waals surface area contributed by atoms with Crippen LogP contribution < -0.4 is 0 Å². The molecule has 0 fully saturated rings. The molecule has 0 spiro atoms. The van der Waals surface area contributed by atoms with Gasteiger partial charge in [0.15, 0.2) is 15.6 Å². The van der Waals surface area contributed by atoms with Crippen molar-refractivity contribution in [2.24, 2.45) is 7.05 Å². The molecule has 5 nitrogen and oxygen atoms in total. The van der Waals surface area contributed by atoms with Crippen LogP contribution in [0.15, 0.2) is 24.3 Å². The van der Waals surface area contributed by atoms with Crippen LogP contribution in [0.2, 0.25) is 0 Å². The molecule has 2 rings (SSSR count). The lowest BCUT2D eigenvalue weighted by Crippen LogP contribution is -2.18. The molecule has 1 aromatic heterocycles. The quantitative estimate of drug-likeness (QED) is 0.818. The van der Waals surface area contributed by atoms with Gasteiger partial charge >= 0.3 is 0 Å². The molecule has 6 heteroatoms. The summed E-state index contributed by atoms with van der Waals surface area (Å²) >= 11 is 0. The van der Waals surface area contributed by atoms with E-state index in [4.69, 9.17) is 0 Å². The van der Waals surface area contributed by atoms with E-state index in [1.54, 1.807) is 0 Å². The fraction of sp³-hybridized carbons (Fsp3) is 0.333. The van der Waals surface area contributed by atoms with Crippen LogP contribution in [0.3, 0.4) is 0 Å². The number of hydrogen-bond donors (Lipinski definition) is 0. The van der Waals surface area contributed by atoms with Crippen LogP contribution in [0.5, 0.6) is 0 Å². The molecule has 96 valence electrons. The van der Waals surface area contributed by atoms with E-state index in [2.05, 4.69) is 4.98 Å². The molecule has 0 saturated carbocycles. The fourth-order valence-electron chi connectivity index (χ4n) is 1.87. The van der Waals surface area contributed by atoms with Gasteiger partial charge in [-0.3, -0.25) is 4.79 Å². The maximum atomic E-state index is 11.6. The summed E-state index contributed by atoms with van der Waals surface area (Å²) in [4.78, 5) is 16.0. The van der Waals surface area contributed by atoms with Gasteiger partial charge in [-0.05, 0) is 12.1 Å². The number of para-hydroxylation sites is 2. The van der Waals surface area contributed by atoms with Crippen molar-refractivity contribution in [1.29, 1.82) is 0 Å². The van der Waals surface area contributed by atoms with Crippen LogP contribution in [-0.4, -0.2) is 35.8 Å². The van der Waals surface area contributed by atoms with E-state index in [0.29, 0.717) is 5.82 Å². The van der Waals surface area contributed by atoms with E-state index in [0.717, 1.165) is 17.3 Å². The number of rotatable bonds is 4. The SMILES string of the molecule is Cn1c(CC(=O)CS(C)(=O)=O)nc2ccccc21. The number of Topliss-reactive ketones (excluding diaryl/α,β-unsaturated/α-hetero) is 1. The first-order chi connectivity index (χ1) is 8.37. The van der Waals surface area contributed by atoms with Gasteiger partial charge in [-0.25, -0.2) is 13.4 Å². The lowest BCUT2D eigenvalue weighted by Gasteiger charge is -2.01. The van der Waals surface area contributed by atoms with Crippen molar-refractivity contribution in [3.63, 3.8) is 0 Å². The molecule has 1 heterocycles. The lowest BCUT2D eigenvalue weighted by atomic mass is 10.3. The molecule has 0 amide bonds. The summed E-state index contributed by atoms with van der Waals surface area (Å²) in [6, 6.07) is 7.54. The first-order valence-corrected chi connectivity index (χ1v) is 7.52. The minimum absolute atomic E-state index is 0.0399. The Balaban J connectivity index is 2.27. The van der Waals surface area contributed by atoms with E-state index in [-0.39, 0.29) is 12.2 Å². The minimum Gasteiger partial charge on any atom is -0.331 e. The van der Waals surface area contributed by atoms with Crippen molar-refractivity contribution in [2.45, 2.75) is 6.42 Å². The summed E-state index contributed by atoms with van der Waals surface area (Å²) in [6.45, 7) is 0. The van der Waals surface area contributed by atoms with Gasteiger partial charge in [0.1, 0.15) is 11.6 Å². The van der Waals surface area contributed by atoms with Gasteiger partial charge in [0, 0.05) is 13.3 Å². The molecule has 0 radical (unpaired) electrons. The van der Waals surface area contributed by atoms with E-state index >= 15 is 0 Å². The van der Waals surface area contributed by atoms with Crippen LogP contribution in [0.25, 0.3) is 11.0 Å². The van der Waals surface area contributed by atoms with Gasteiger partial charge in [0.05, 0.1) is 17.5 Å². The van der Waals surface area contributed by atoms with E-state index in [1.165, 1.54) is 0 Å². The number of nitrogens with zero attached hydrogens (tertiary/aromatic N) is 2. The Morgan fingerprint density at radius 2 is 2.00 bits per heavy atom. The van der Waals surface area contributed by atoms with E-state index in [9.17, 15) is 13.2 Å². The van der Waals surface area contributed by atoms with Crippen molar-refractivity contribution in [3.05, 3.63) is 30.1 Å². The molecule has 0 unspecified atom stereocenters. The Labute approximate surface area is 105 Å². The minimum atomic E-state index is -3.27. The van der Waals surface area contributed by atoms with Gasteiger partial charge in [-0.1, -0.05) is 12.1 Å². The molecule has 0 aliphatic heterocycles. The number of carbonyl (C=O) groups excluding carboxylic acids is 1. The highest BCUT2D eigenvalue weighted by atomic mass is 32.2. The van der Waals surface area contributed by atoms with Crippen LogP contribution in [0.1, 0.15) is 5.82 Å². The van der Waals surface area contributed by atoms with Crippen LogP contribution in [0.4, 0.5) is 0 Å². The summed E-state index contributed by atoms with van der Waals surface area (Å²) < 4.78 is 23.9. The molecule has 0 aliphatic carbocycles. The normalized spacial score (nSPS) is 11.9. The van der Waals surface area contributed by atoms with E-state index in [1.807, 2.05) is 35.9 Å². The maximum Gasteiger partial charge on any atom is 0.155 e. The second-order valence-corrected chi connectivity index (χ2v) is 6.50. The maximum absolute atomic E-state index is 11.6. The van der Waals surface area contributed by atoms with Gasteiger partial charge in [-0.2, -0.15) is 0 Å². The van der Waals surface area contributed by atoms with Gasteiger partial charge in [-0.15, -0.1) is 0 Å². The average Bonchev–Trinajstić information content (AvgIpc) is 2.54. The topological polar surface area (TPSA) is 69.0 Å². The van der Waals surface area contributed by atoms with Crippen molar-refractivity contribution in [2.75, 3.05) is 12.0 Å². The smallest absolute Gasteiger partial charge is 0.155 e. The third-order valence-electron chi connectivity index (χ3n) is 2.66. The van der Waals surface area contributed by atoms with Gasteiger partial charge in [0.2, 0.25) is 0 Å². The number of aryl methyl sites for hydroxylation is 1. The van der Waals surface area contributed by atoms with Crippen LogP contribution >= 0.6 is 0 Å². The fourth-order valence-corrected chi connectivity index (χ4v) is 2.56. The highest BCUT2D eigenvalue weighted by Crippen LogP contribution is 2.14. The Bertz CT molecular complexity index is 701. The number of ketones is 1. The standard InChI is InChI=1S/C12H14N2O3S/c1-14-11-6-4-3-5-10(11)13-12(14)7-9(15)8-18(2,16)17/h3-6H,7-8H2,1-2H3. The molecule has 0 aliphatic rings. The lowest BCUT2D eigenvalue weighted by molar-refractivity contribution is -0.116. The summed E-state index contributed by atoms with van der Waals surface area (Å²) in [5.41, 5.74) is 1.74. The average molecular weight is 266 g/mol. The molecule has 0 saturated heterocycles. The number of hydrogen-bond acceptors (Lipinski definition) is 4. The van der Waals surface area contributed by atoms with Crippen LogP contribution in [-0.2, 0) is 28.1 Å². The zero-order valence-corrected chi connectivity index (χ0v) is 11.1. The largest absolute Gasteiger partial charge is 0.331 e. The van der Waals surface area contributed by atoms with Gasteiger partial charge < -0.3 is 4.57 Å². The molecule has 0 N–H and O–H groups in total. The third kappa shape index (κ3) is 2.76. The highest BCUT2D eigenvalue weighted by molar-refractivity contribution is 7.91. The number of benzene rings is 1. The summed E-state index contributed by atoms with van der Waals surface area (Å²) in [6.07, 6.45) is 1.10. The number of carbonyl (C=O) groups is 1. The summed E-state index contributed by atoms with van der Waals surface area (Å²) in [7, 11) is -1.46. The second kappa shape index (κ2) is 4.53. The van der Waals surface area contributed by atoms with E-state index < -0.39 is 15.6 Å². The Hall–Kier alpha value is -1.69. The third-order valence-corrected chi connectivity index (χ3v) is 3.50. The molecule has 0 bridgehead atoms. The Morgan fingerprint density at radius 3 is 2.61 bits per heavy atom. The molecule has 2 aromatic rings. The summed E-state index contributed by atoms with van der Waals surface area (Å²) in [5, 5.41) is 0. The zero-order chi connectivity index (χ0) is 13.3. The number of fused-ring (bicyclic) bond motifs is 1. The number of aromatic nitrogens is 2. The second-order valence-electron chi connectivity index (χ2n) is 4.36. The predicted octanol–water partition coefficient (Wildman–Crippen LogP) is 0.729. The van der Waals surface area contributed by atoms with Crippen molar-refractivity contribution < 1.29 is 13.2 Å². The van der Waals surface area contributed by atoms with Gasteiger partial charge in [0.25, 0.3) is 0 Å². The Kier molecular flexibility index (Phi) is 3.21. The first-order valence-electron chi connectivity index (χ1n) is 5.46. The molecular weight excluding hydrogens is 252 g/mol. The molecule has 0 atom stereocenters. The molecule has 1 aromatic carbocycles. The zero-order valence-electron chi connectivity index (χ0n) is 10.3. The summed E-state index contributed by atoms with van der Waals surface area (Å²) in [5.74, 6) is -0.184. The number of sulfone groups is 1. The molecule has 18 heavy (non-hydrogen) atoms. The van der Waals surface area contributed by atoms with Crippen molar-refractivity contribution in [3.8, 4) is 0 Å². The van der Waals surface area contributed by atoms with Crippen LogP contribution in [0, 0.1) is 0 Å². The highest BCUT2D eigenvalue weighted by Gasteiger charge is 2.15.